The van der Waals surface area contributed by atoms with Crippen LogP contribution in [0.2, 0.25) is 0 Å². The standard InChI is InChI=1S/C14H25N3O2/c1-2-13(18)16-7-4-8-17(10-9-16)14(19)12-5-3-6-15-11-12/h12,15H,2-11H2,1H3/t12-/m1/s1. The molecule has 2 rings (SSSR count). The molecule has 0 saturated carbocycles. The Labute approximate surface area is 115 Å². The maximum Gasteiger partial charge on any atom is 0.227 e. The summed E-state index contributed by atoms with van der Waals surface area (Å²) in [5, 5.41) is 3.29. The molecule has 5 nitrogen and oxygen atoms in total. The minimum Gasteiger partial charge on any atom is -0.341 e. The van der Waals surface area contributed by atoms with Crippen LogP contribution in [-0.2, 0) is 9.59 Å². The Morgan fingerprint density at radius 1 is 1.11 bits per heavy atom. The first-order valence-corrected chi connectivity index (χ1v) is 7.49. The molecule has 1 N–H and O–H groups in total. The van der Waals surface area contributed by atoms with Crippen LogP contribution in [-0.4, -0.2) is 60.9 Å². The van der Waals surface area contributed by atoms with Crippen molar-refractivity contribution in [3.05, 3.63) is 0 Å². The van der Waals surface area contributed by atoms with Crippen LogP contribution in [0.5, 0.6) is 0 Å². The first-order valence-electron chi connectivity index (χ1n) is 7.49. The van der Waals surface area contributed by atoms with Gasteiger partial charge in [0.25, 0.3) is 0 Å². The molecule has 2 heterocycles. The number of carbonyl (C=O) groups excluding carboxylic acids is 2. The van der Waals surface area contributed by atoms with Crippen LogP contribution < -0.4 is 5.32 Å². The predicted molar refractivity (Wildman–Crippen MR) is 73.7 cm³/mol. The zero-order valence-corrected chi connectivity index (χ0v) is 11.9. The van der Waals surface area contributed by atoms with Gasteiger partial charge in [0.2, 0.25) is 11.8 Å². The summed E-state index contributed by atoms with van der Waals surface area (Å²) in [5.74, 6) is 0.619. The van der Waals surface area contributed by atoms with Gasteiger partial charge < -0.3 is 15.1 Å². The van der Waals surface area contributed by atoms with Gasteiger partial charge in [0.05, 0.1) is 5.92 Å². The lowest BCUT2D eigenvalue weighted by Crippen LogP contribution is -2.44. The summed E-state index contributed by atoms with van der Waals surface area (Å²) in [5.41, 5.74) is 0. The predicted octanol–water partition coefficient (Wildman–Crippen LogP) is 0.457. The van der Waals surface area contributed by atoms with Gasteiger partial charge in [-0.05, 0) is 25.8 Å². The molecule has 5 heteroatoms. The van der Waals surface area contributed by atoms with Crippen LogP contribution in [0.1, 0.15) is 32.6 Å². The van der Waals surface area contributed by atoms with E-state index in [9.17, 15) is 9.59 Å². The van der Waals surface area contributed by atoms with Crippen LogP contribution in [0.4, 0.5) is 0 Å². The van der Waals surface area contributed by atoms with Crippen molar-refractivity contribution >= 4 is 11.8 Å². The van der Waals surface area contributed by atoms with Gasteiger partial charge in [0.15, 0.2) is 0 Å². The van der Waals surface area contributed by atoms with E-state index in [1.807, 2.05) is 16.7 Å². The fraction of sp³-hybridized carbons (Fsp3) is 0.857. The number of carbonyl (C=O) groups is 2. The topological polar surface area (TPSA) is 52.7 Å². The lowest BCUT2D eigenvalue weighted by Gasteiger charge is -2.29. The summed E-state index contributed by atoms with van der Waals surface area (Å²) in [7, 11) is 0. The van der Waals surface area contributed by atoms with E-state index in [2.05, 4.69) is 5.32 Å². The largest absolute Gasteiger partial charge is 0.341 e. The maximum atomic E-state index is 12.4. The zero-order valence-electron chi connectivity index (χ0n) is 11.9. The fourth-order valence-corrected chi connectivity index (χ4v) is 2.93. The van der Waals surface area contributed by atoms with Crippen molar-refractivity contribution in [1.29, 1.82) is 0 Å². The number of nitrogens with one attached hydrogen (secondary N) is 1. The number of nitrogens with zero attached hydrogens (tertiary/aromatic N) is 2. The van der Waals surface area contributed by atoms with Crippen molar-refractivity contribution in [3.8, 4) is 0 Å². The minimum absolute atomic E-state index is 0.141. The highest BCUT2D eigenvalue weighted by Gasteiger charge is 2.27. The van der Waals surface area contributed by atoms with Crippen LogP contribution in [0.3, 0.4) is 0 Å². The van der Waals surface area contributed by atoms with Crippen molar-refractivity contribution < 1.29 is 9.59 Å². The van der Waals surface area contributed by atoms with Crippen molar-refractivity contribution in [2.75, 3.05) is 39.3 Å². The van der Waals surface area contributed by atoms with Gasteiger partial charge in [-0.25, -0.2) is 0 Å². The second-order valence-corrected chi connectivity index (χ2v) is 5.46. The second-order valence-electron chi connectivity index (χ2n) is 5.46. The van der Waals surface area contributed by atoms with Crippen LogP contribution in [0.25, 0.3) is 0 Å². The molecule has 2 fully saturated rings. The Morgan fingerprint density at radius 2 is 1.84 bits per heavy atom. The molecule has 2 aliphatic rings. The van der Waals surface area contributed by atoms with Crippen molar-refractivity contribution in [2.45, 2.75) is 32.6 Å². The minimum atomic E-state index is 0.141. The normalized spacial score (nSPS) is 25.0. The summed E-state index contributed by atoms with van der Waals surface area (Å²) in [4.78, 5) is 28.0. The third kappa shape index (κ3) is 3.69. The van der Waals surface area contributed by atoms with Crippen molar-refractivity contribution in [2.24, 2.45) is 5.92 Å². The van der Waals surface area contributed by atoms with Gasteiger partial charge in [-0.2, -0.15) is 0 Å². The first-order chi connectivity index (χ1) is 9.22. The average Bonchev–Trinajstić information content (AvgIpc) is 2.72. The van der Waals surface area contributed by atoms with E-state index >= 15 is 0 Å². The summed E-state index contributed by atoms with van der Waals surface area (Å²) in [6, 6.07) is 0. The van der Waals surface area contributed by atoms with E-state index in [0.29, 0.717) is 19.5 Å². The molecule has 0 radical (unpaired) electrons. The highest BCUT2D eigenvalue weighted by molar-refractivity contribution is 5.79. The third-order valence-corrected chi connectivity index (χ3v) is 4.11. The highest BCUT2D eigenvalue weighted by atomic mass is 16.2. The average molecular weight is 267 g/mol. The fourth-order valence-electron chi connectivity index (χ4n) is 2.93. The molecular weight excluding hydrogens is 242 g/mol. The Morgan fingerprint density at radius 3 is 2.53 bits per heavy atom. The number of hydrogen-bond acceptors (Lipinski definition) is 3. The molecule has 2 amide bonds. The van der Waals surface area contributed by atoms with Crippen LogP contribution >= 0.6 is 0 Å². The molecular formula is C14H25N3O2. The number of piperidine rings is 1. The molecule has 19 heavy (non-hydrogen) atoms. The van der Waals surface area contributed by atoms with Crippen LogP contribution in [0.15, 0.2) is 0 Å². The maximum absolute atomic E-state index is 12.4. The summed E-state index contributed by atoms with van der Waals surface area (Å²) >= 11 is 0. The first kappa shape index (κ1) is 14.3. The number of hydrogen-bond donors (Lipinski definition) is 1. The van der Waals surface area contributed by atoms with E-state index in [1.54, 1.807) is 0 Å². The van der Waals surface area contributed by atoms with Gasteiger partial charge in [-0.3, -0.25) is 9.59 Å². The summed E-state index contributed by atoms with van der Waals surface area (Å²) < 4.78 is 0. The SMILES string of the molecule is CCC(=O)N1CCCN(C(=O)[C@@H]2CCCNC2)CC1. The molecule has 2 saturated heterocycles. The van der Waals surface area contributed by atoms with E-state index in [0.717, 1.165) is 45.4 Å². The Kier molecular flexibility index (Phi) is 5.19. The van der Waals surface area contributed by atoms with E-state index in [1.165, 1.54) is 0 Å². The Balaban J connectivity index is 1.87. The Bertz CT molecular complexity index is 327. The molecule has 1 atom stereocenters. The molecule has 0 aromatic rings. The summed E-state index contributed by atoms with van der Waals surface area (Å²) in [6.07, 6.45) is 3.54. The summed E-state index contributed by atoms with van der Waals surface area (Å²) in [6.45, 7) is 6.71. The monoisotopic (exact) mass is 267 g/mol. The molecule has 0 aromatic carbocycles. The molecule has 0 unspecified atom stereocenters. The zero-order chi connectivity index (χ0) is 13.7. The van der Waals surface area contributed by atoms with Gasteiger partial charge in [0, 0.05) is 39.1 Å². The van der Waals surface area contributed by atoms with Crippen molar-refractivity contribution in [1.82, 2.24) is 15.1 Å². The molecule has 0 aliphatic carbocycles. The lowest BCUT2D eigenvalue weighted by atomic mass is 9.98. The number of amides is 2. The Hall–Kier alpha value is -1.10. The molecule has 108 valence electrons. The quantitative estimate of drug-likeness (QED) is 0.790. The molecule has 0 aromatic heterocycles. The third-order valence-electron chi connectivity index (χ3n) is 4.11. The molecule has 0 spiro atoms. The van der Waals surface area contributed by atoms with E-state index in [4.69, 9.17) is 0 Å². The lowest BCUT2D eigenvalue weighted by molar-refractivity contribution is -0.136. The number of rotatable bonds is 2. The molecule has 2 aliphatic heterocycles. The highest BCUT2D eigenvalue weighted by Crippen LogP contribution is 2.15. The van der Waals surface area contributed by atoms with Crippen LogP contribution in [0, 0.1) is 5.92 Å². The van der Waals surface area contributed by atoms with E-state index in [-0.39, 0.29) is 17.7 Å². The second kappa shape index (κ2) is 6.89. The van der Waals surface area contributed by atoms with Gasteiger partial charge in [-0.15, -0.1) is 0 Å². The smallest absolute Gasteiger partial charge is 0.227 e. The van der Waals surface area contributed by atoms with Gasteiger partial charge in [0.1, 0.15) is 0 Å². The molecule has 0 bridgehead atoms. The van der Waals surface area contributed by atoms with Gasteiger partial charge >= 0.3 is 0 Å². The van der Waals surface area contributed by atoms with Gasteiger partial charge in [-0.1, -0.05) is 6.92 Å². The van der Waals surface area contributed by atoms with Crippen molar-refractivity contribution in [3.63, 3.8) is 0 Å². The van der Waals surface area contributed by atoms with E-state index < -0.39 is 0 Å².